The fraction of sp³-hybridized carbons (Fsp3) is 0.278. The Kier molecular flexibility index (Phi) is 6.10. The van der Waals surface area contributed by atoms with Crippen LogP contribution in [0.2, 0.25) is 0 Å². The van der Waals surface area contributed by atoms with Crippen LogP contribution in [0.1, 0.15) is 24.0 Å². The first-order valence-electron chi connectivity index (χ1n) is 7.37. The first kappa shape index (κ1) is 16.2. The van der Waals surface area contributed by atoms with Crippen molar-refractivity contribution >= 4 is 5.97 Å². The molecule has 0 bridgehead atoms. The number of carboxylic acid groups (broad SMARTS) is 1. The second kappa shape index (κ2) is 8.29. The van der Waals surface area contributed by atoms with Crippen molar-refractivity contribution in [2.75, 3.05) is 0 Å². The van der Waals surface area contributed by atoms with Crippen LogP contribution in [-0.4, -0.2) is 17.1 Å². The predicted molar refractivity (Wildman–Crippen MR) is 84.0 cm³/mol. The van der Waals surface area contributed by atoms with Crippen molar-refractivity contribution in [2.45, 2.75) is 31.8 Å². The highest BCUT2D eigenvalue weighted by Crippen LogP contribution is 2.10. The Morgan fingerprint density at radius 3 is 2.50 bits per heavy atom. The second-order valence-corrected chi connectivity index (χ2v) is 5.33. The molecule has 1 unspecified atom stereocenters. The molecule has 2 N–H and O–H groups in total. The summed E-state index contributed by atoms with van der Waals surface area (Å²) >= 11 is 0. The molecule has 0 aromatic heterocycles. The number of aliphatic carboxylic acids is 1. The lowest BCUT2D eigenvalue weighted by atomic mass is 10.0. The molecule has 2 rings (SSSR count). The molecule has 0 radical (unpaired) electrons. The third-order valence-corrected chi connectivity index (χ3v) is 3.52. The zero-order valence-corrected chi connectivity index (χ0v) is 12.3. The van der Waals surface area contributed by atoms with E-state index >= 15 is 0 Å². The number of carboxylic acids is 1. The lowest BCUT2D eigenvalue weighted by Gasteiger charge is -2.18. The van der Waals surface area contributed by atoms with Gasteiger partial charge >= 0.3 is 5.97 Å². The summed E-state index contributed by atoms with van der Waals surface area (Å²) in [6.07, 6.45) is 1.41. The Labute approximate surface area is 129 Å². The molecule has 0 saturated heterocycles. The quantitative estimate of drug-likeness (QED) is 0.786. The summed E-state index contributed by atoms with van der Waals surface area (Å²) in [7, 11) is 0. The number of rotatable bonds is 8. The van der Waals surface area contributed by atoms with Crippen molar-refractivity contribution in [1.82, 2.24) is 5.32 Å². The average Bonchev–Trinajstić information content (AvgIpc) is 2.51. The number of halogens is 1. The Hall–Kier alpha value is -2.20. The van der Waals surface area contributed by atoms with E-state index < -0.39 is 5.97 Å². The van der Waals surface area contributed by atoms with Crippen LogP contribution >= 0.6 is 0 Å². The first-order valence-corrected chi connectivity index (χ1v) is 7.37. The van der Waals surface area contributed by atoms with Crippen molar-refractivity contribution in [3.8, 4) is 0 Å². The van der Waals surface area contributed by atoms with E-state index in [9.17, 15) is 9.18 Å². The Bertz CT molecular complexity index is 601. The molecule has 0 spiro atoms. The van der Waals surface area contributed by atoms with Crippen LogP contribution in [0.15, 0.2) is 54.6 Å². The summed E-state index contributed by atoms with van der Waals surface area (Å²) in [5, 5.41) is 12.2. The molecule has 3 nitrogen and oxygen atoms in total. The van der Waals surface area contributed by atoms with Crippen LogP contribution < -0.4 is 5.32 Å². The summed E-state index contributed by atoms with van der Waals surface area (Å²) in [5.74, 6) is -1.06. The van der Waals surface area contributed by atoms with Crippen LogP contribution in [0.5, 0.6) is 0 Å². The van der Waals surface area contributed by atoms with Crippen LogP contribution in [0.4, 0.5) is 4.39 Å². The molecule has 2 aromatic carbocycles. The van der Waals surface area contributed by atoms with Crippen molar-refractivity contribution in [2.24, 2.45) is 0 Å². The van der Waals surface area contributed by atoms with E-state index in [1.807, 2.05) is 36.4 Å². The summed E-state index contributed by atoms with van der Waals surface area (Å²) in [6.45, 7) is 0.523. The highest BCUT2D eigenvalue weighted by Gasteiger charge is 2.11. The summed E-state index contributed by atoms with van der Waals surface area (Å²) in [4.78, 5) is 10.8. The minimum atomic E-state index is -0.800. The minimum Gasteiger partial charge on any atom is -0.481 e. The lowest BCUT2D eigenvalue weighted by Crippen LogP contribution is -2.31. The Morgan fingerprint density at radius 1 is 1.09 bits per heavy atom. The smallest absolute Gasteiger partial charge is 0.303 e. The molecule has 116 valence electrons. The molecule has 0 saturated carbocycles. The monoisotopic (exact) mass is 301 g/mol. The van der Waals surface area contributed by atoms with E-state index in [0.717, 1.165) is 17.5 Å². The largest absolute Gasteiger partial charge is 0.481 e. The summed E-state index contributed by atoms with van der Waals surface area (Å²) < 4.78 is 13.2. The molecule has 0 heterocycles. The topological polar surface area (TPSA) is 49.3 Å². The van der Waals surface area contributed by atoms with Gasteiger partial charge in [-0.3, -0.25) is 4.79 Å². The zero-order valence-electron chi connectivity index (χ0n) is 12.3. The zero-order chi connectivity index (χ0) is 15.8. The van der Waals surface area contributed by atoms with Gasteiger partial charge < -0.3 is 10.4 Å². The van der Waals surface area contributed by atoms with Crippen LogP contribution in [-0.2, 0) is 17.8 Å². The third kappa shape index (κ3) is 5.66. The van der Waals surface area contributed by atoms with Gasteiger partial charge in [-0.15, -0.1) is 0 Å². The third-order valence-electron chi connectivity index (χ3n) is 3.52. The van der Waals surface area contributed by atoms with Gasteiger partial charge in [0, 0.05) is 19.0 Å². The molecule has 22 heavy (non-hydrogen) atoms. The minimum absolute atomic E-state index is 0.0433. The van der Waals surface area contributed by atoms with E-state index in [-0.39, 0.29) is 18.3 Å². The van der Waals surface area contributed by atoms with Crippen LogP contribution in [0.25, 0.3) is 0 Å². The Balaban J connectivity index is 1.96. The van der Waals surface area contributed by atoms with Gasteiger partial charge in [0.15, 0.2) is 0 Å². The Morgan fingerprint density at radius 2 is 1.82 bits per heavy atom. The molecule has 1 atom stereocenters. The van der Waals surface area contributed by atoms with Gasteiger partial charge in [0.25, 0.3) is 0 Å². The van der Waals surface area contributed by atoms with Crippen LogP contribution in [0.3, 0.4) is 0 Å². The number of benzene rings is 2. The molecule has 0 fully saturated rings. The predicted octanol–water partition coefficient (Wildman–Crippen LogP) is 3.39. The van der Waals surface area contributed by atoms with E-state index in [4.69, 9.17) is 5.11 Å². The van der Waals surface area contributed by atoms with Gasteiger partial charge in [0.05, 0.1) is 0 Å². The van der Waals surface area contributed by atoms with Crippen molar-refractivity contribution in [3.63, 3.8) is 0 Å². The van der Waals surface area contributed by atoms with E-state index in [0.29, 0.717) is 13.0 Å². The van der Waals surface area contributed by atoms with E-state index in [1.165, 1.54) is 12.1 Å². The van der Waals surface area contributed by atoms with Gasteiger partial charge in [-0.25, -0.2) is 4.39 Å². The first-order chi connectivity index (χ1) is 10.6. The lowest BCUT2D eigenvalue weighted by molar-refractivity contribution is -0.137. The maximum Gasteiger partial charge on any atom is 0.303 e. The van der Waals surface area contributed by atoms with E-state index in [2.05, 4.69) is 5.32 Å². The highest BCUT2D eigenvalue weighted by molar-refractivity contribution is 5.66. The van der Waals surface area contributed by atoms with Gasteiger partial charge in [-0.05, 0) is 36.1 Å². The van der Waals surface area contributed by atoms with Gasteiger partial charge in [0.2, 0.25) is 0 Å². The molecule has 0 aliphatic carbocycles. The number of hydrogen-bond acceptors (Lipinski definition) is 2. The summed E-state index contributed by atoms with van der Waals surface area (Å²) in [5.41, 5.74) is 2.01. The van der Waals surface area contributed by atoms with Crippen molar-refractivity contribution < 1.29 is 14.3 Å². The molecule has 0 amide bonds. The van der Waals surface area contributed by atoms with Gasteiger partial charge in [0.1, 0.15) is 5.82 Å². The molecule has 2 aromatic rings. The molecular formula is C18H20FNO2. The summed E-state index contributed by atoms with van der Waals surface area (Å²) in [6, 6.07) is 16.4. The fourth-order valence-corrected chi connectivity index (χ4v) is 2.38. The molecule has 0 aliphatic heterocycles. The fourth-order valence-electron chi connectivity index (χ4n) is 2.38. The van der Waals surface area contributed by atoms with Gasteiger partial charge in [-0.1, -0.05) is 42.5 Å². The number of nitrogens with one attached hydrogen (secondary N) is 1. The maximum atomic E-state index is 13.2. The van der Waals surface area contributed by atoms with Gasteiger partial charge in [-0.2, -0.15) is 0 Å². The number of hydrogen-bond donors (Lipinski definition) is 2. The van der Waals surface area contributed by atoms with Crippen LogP contribution in [0, 0.1) is 5.82 Å². The maximum absolute atomic E-state index is 13.2. The SMILES string of the molecule is O=C(O)CCC(Cc1ccccc1)NCc1cccc(F)c1. The highest BCUT2D eigenvalue weighted by atomic mass is 19.1. The molecular weight excluding hydrogens is 281 g/mol. The second-order valence-electron chi connectivity index (χ2n) is 5.33. The molecule has 4 heteroatoms. The van der Waals surface area contributed by atoms with Crippen molar-refractivity contribution in [3.05, 3.63) is 71.5 Å². The van der Waals surface area contributed by atoms with Crippen molar-refractivity contribution in [1.29, 1.82) is 0 Å². The number of carbonyl (C=O) groups is 1. The molecule has 0 aliphatic rings. The normalized spacial score (nSPS) is 12.0. The van der Waals surface area contributed by atoms with E-state index in [1.54, 1.807) is 6.07 Å². The standard InChI is InChI=1S/C18H20FNO2/c19-16-8-4-7-15(11-16)13-20-17(9-10-18(21)22)12-14-5-2-1-3-6-14/h1-8,11,17,20H,9-10,12-13H2,(H,21,22). The average molecular weight is 301 g/mol.